The van der Waals surface area contributed by atoms with Gasteiger partial charge in [0.15, 0.2) is 11.9 Å². The molecule has 0 spiro atoms. The lowest BCUT2D eigenvalue weighted by Crippen LogP contribution is -2.60. The van der Waals surface area contributed by atoms with Crippen molar-refractivity contribution in [1.82, 2.24) is 31.1 Å². The first-order valence-corrected chi connectivity index (χ1v) is 22.0. The number of nitrogens with one attached hydrogen (secondary N) is 4. The molecule has 0 bridgehead atoms. The lowest BCUT2D eigenvalue weighted by Gasteiger charge is -2.30. The average Bonchev–Trinajstić information content (AvgIpc) is 3.95. The minimum Gasteiger partial charge on any atom is -0.480 e. The molecule has 360 valence electrons. The Morgan fingerprint density at radius 2 is 1.17 bits per heavy atom. The Hall–Kier alpha value is -6.52. The van der Waals surface area contributed by atoms with Crippen molar-refractivity contribution in [3.8, 4) is 0 Å². The number of likely N-dealkylation sites (tertiary alicyclic amines) is 2. The van der Waals surface area contributed by atoms with E-state index in [1.54, 1.807) is 30.3 Å². The predicted molar refractivity (Wildman–Crippen MR) is 241 cm³/mol. The quantitative estimate of drug-likeness (QED) is 0.0251. The van der Waals surface area contributed by atoms with Crippen LogP contribution in [0.1, 0.15) is 90.0 Å². The first-order chi connectivity index (χ1) is 30.8. The van der Waals surface area contributed by atoms with Gasteiger partial charge in [-0.2, -0.15) is 0 Å². The number of aliphatic imine (C=N–C) groups is 2. The van der Waals surface area contributed by atoms with Crippen molar-refractivity contribution in [2.24, 2.45) is 50.3 Å². The molecular weight excluding hydrogens is 845 g/mol. The van der Waals surface area contributed by atoms with E-state index in [1.165, 1.54) is 9.80 Å². The van der Waals surface area contributed by atoms with E-state index >= 15 is 0 Å². The third-order valence-corrected chi connectivity index (χ3v) is 11.1. The second-order valence-corrected chi connectivity index (χ2v) is 16.8. The number of guanidine groups is 2. The van der Waals surface area contributed by atoms with E-state index < -0.39 is 83.7 Å². The Balaban J connectivity index is 1.92. The number of carboxylic acids is 1. The van der Waals surface area contributed by atoms with Crippen LogP contribution in [0.3, 0.4) is 0 Å². The Morgan fingerprint density at radius 1 is 0.677 bits per heavy atom. The number of carbonyl (C=O) groups is 8. The number of rotatable bonds is 26. The molecule has 7 amide bonds. The topological polar surface area (TPSA) is 392 Å². The number of hydrogen-bond acceptors (Lipinski definition) is 11. The number of amides is 7. The van der Waals surface area contributed by atoms with Gasteiger partial charge in [0.25, 0.3) is 0 Å². The van der Waals surface area contributed by atoms with Crippen molar-refractivity contribution in [3.05, 3.63) is 35.9 Å². The predicted octanol–water partition coefficient (Wildman–Crippen LogP) is -3.02. The Bertz CT molecular complexity index is 1870. The minimum atomic E-state index is -1.48. The molecule has 0 aliphatic carbocycles. The van der Waals surface area contributed by atoms with Crippen LogP contribution in [0.4, 0.5) is 0 Å². The van der Waals surface area contributed by atoms with Gasteiger partial charge in [0.2, 0.25) is 41.4 Å². The molecule has 1 aromatic rings. The minimum absolute atomic E-state index is 0.00369. The van der Waals surface area contributed by atoms with Crippen molar-refractivity contribution < 1.29 is 43.5 Å². The van der Waals surface area contributed by atoms with E-state index in [0.717, 1.165) is 0 Å². The molecule has 1 aromatic carbocycles. The summed E-state index contributed by atoms with van der Waals surface area (Å²) < 4.78 is 0. The molecule has 23 heteroatoms. The Morgan fingerprint density at radius 3 is 1.69 bits per heavy atom. The number of aliphatic carboxylic acids is 1. The molecule has 65 heavy (non-hydrogen) atoms. The number of nitrogens with zero attached hydrogens (tertiary/aromatic N) is 4. The van der Waals surface area contributed by atoms with Crippen LogP contribution in [-0.2, 0) is 44.8 Å². The van der Waals surface area contributed by atoms with Crippen LogP contribution in [0.5, 0.6) is 0 Å². The fraction of sp³-hybridized carbons (Fsp3) is 0.619. The Kier molecular flexibility index (Phi) is 21.4. The molecule has 2 aliphatic rings. The van der Waals surface area contributed by atoms with Gasteiger partial charge in [-0.05, 0) is 75.7 Å². The van der Waals surface area contributed by atoms with Gasteiger partial charge >= 0.3 is 5.97 Å². The van der Waals surface area contributed by atoms with Crippen LogP contribution >= 0.6 is 0 Å². The van der Waals surface area contributed by atoms with E-state index in [9.17, 15) is 43.5 Å². The zero-order valence-corrected chi connectivity index (χ0v) is 37.3. The lowest BCUT2D eigenvalue weighted by molar-refractivity contribution is -0.149. The summed E-state index contributed by atoms with van der Waals surface area (Å²) in [4.78, 5) is 118. The first-order valence-electron chi connectivity index (χ1n) is 22.0. The van der Waals surface area contributed by atoms with Crippen molar-refractivity contribution in [2.45, 2.75) is 133 Å². The fourth-order valence-corrected chi connectivity index (χ4v) is 7.84. The second kappa shape index (κ2) is 26.3. The molecule has 17 N–H and O–H groups in total. The SMILES string of the molecule is CC(C)CC(N)C(=O)N1CCCC1C(=O)NC(Cc1ccccc1)C(=O)NC(CCCN=C(N)N)C(=O)NC(CCC(N)=O)C(=O)NC(CCCN=C(N)N)C(=O)N1CCCC1C(=O)O. The van der Waals surface area contributed by atoms with E-state index in [-0.39, 0.29) is 94.7 Å². The molecule has 2 fully saturated rings. The number of hydrogen-bond donors (Lipinski definition) is 11. The van der Waals surface area contributed by atoms with Crippen LogP contribution in [0.25, 0.3) is 0 Å². The molecule has 0 saturated carbocycles. The number of primary amides is 1. The van der Waals surface area contributed by atoms with Gasteiger partial charge in [-0.15, -0.1) is 0 Å². The van der Waals surface area contributed by atoms with Gasteiger partial charge < -0.3 is 70.6 Å². The smallest absolute Gasteiger partial charge is 0.326 e. The normalized spacial score (nSPS) is 18.0. The van der Waals surface area contributed by atoms with Gasteiger partial charge in [0.1, 0.15) is 36.3 Å². The zero-order chi connectivity index (χ0) is 48.2. The third-order valence-electron chi connectivity index (χ3n) is 11.1. The summed E-state index contributed by atoms with van der Waals surface area (Å²) in [5.41, 5.74) is 34.2. The largest absolute Gasteiger partial charge is 0.480 e. The standard InChI is InChI=1S/C42H68N14O9/c1-24(2)22-26(43)38(62)55-20-8-14-31(55)37(61)54-30(23-25-10-4-3-5-11-25)36(60)51-27(12-6-18-49-41(45)46)34(58)52-28(16-17-33(44)57)35(59)53-29(13-7-19-50-42(47)48)39(63)56-21-9-15-32(56)40(64)65/h3-5,10-11,24,26-32H,6-9,12-23,43H2,1-2H3,(H2,44,57)(H,51,60)(H,52,58)(H,53,59)(H,54,61)(H,64,65)(H4,45,46,49)(H4,47,48,50). The van der Waals surface area contributed by atoms with E-state index in [0.29, 0.717) is 37.8 Å². The molecule has 2 heterocycles. The number of benzene rings is 1. The van der Waals surface area contributed by atoms with Crippen molar-refractivity contribution in [1.29, 1.82) is 0 Å². The molecule has 23 nitrogen and oxygen atoms in total. The molecule has 7 atom stereocenters. The summed E-state index contributed by atoms with van der Waals surface area (Å²) in [6.07, 6.45) is 1.53. The molecule has 0 aromatic heterocycles. The maximum atomic E-state index is 14.3. The van der Waals surface area contributed by atoms with Gasteiger partial charge in [-0.25, -0.2) is 4.79 Å². The fourth-order valence-electron chi connectivity index (χ4n) is 7.84. The highest BCUT2D eigenvalue weighted by Gasteiger charge is 2.40. The third kappa shape index (κ3) is 17.5. The molecular formula is C42H68N14O9. The Labute approximate surface area is 378 Å². The molecule has 2 saturated heterocycles. The molecule has 7 unspecified atom stereocenters. The molecule has 3 rings (SSSR count). The zero-order valence-electron chi connectivity index (χ0n) is 37.3. The van der Waals surface area contributed by atoms with Gasteiger partial charge in [-0.1, -0.05) is 44.2 Å². The highest BCUT2D eigenvalue weighted by molar-refractivity contribution is 5.97. The van der Waals surface area contributed by atoms with Crippen LogP contribution in [0.2, 0.25) is 0 Å². The van der Waals surface area contributed by atoms with Gasteiger partial charge in [0.05, 0.1) is 6.04 Å². The number of carbonyl (C=O) groups excluding carboxylic acids is 7. The number of nitrogens with two attached hydrogens (primary N) is 6. The van der Waals surface area contributed by atoms with Crippen molar-refractivity contribution in [2.75, 3.05) is 26.2 Å². The average molecular weight is 913 g/mol. The molecule has 0 radical (unpaired) electrons. The van der Waals surface area contributed by atoms with E-state index in [2.05, 4.69) is 31.3 Å². The number of carboxylic acid groups (broad SMARTS) is 1. The maximum Gasteiger partial charge on any atom is 0.326 e. The summed E-state index contributed by atoms with van der Waals surface area (Å²) in [6, 6.07) is 0.620. The monoisotopic (exact) mass is 913 g/mol. The lowest BCUT2D eigenvalue weighted by atomic mass is 10.0. The van der Waals surface area contributed by atoms with Crippen LogP contribution < -0.4 is 55.7 Å². The summed E-state index contributed by atoms with van der Waals surface area (Å²) in [6.45, 7) is 4.46. The van der Waals surface area contributed by atoms with E-state index in [1.807, 2.05) is 13.8 Å². The first kappa shape index (κ1) is 52.8. The van der Waals surface area contributed by atoms with Gasteiger partial charge in [0, 0.05) is 39.0 Å². The highest BCUT2D eigenvalue weighted by atomic mass is 16.4. The van der Waals surface area contributed by atoms with E-state index in [4.69, 9.17) is 34.4 Å². The van der Waals surface area contributed by atoms with Crippen molar-refractivity contribution >= 4 is 59.2 Å². The highest BCUT2D eigenvalue weighted by Crippen LogP contribution is 2.22. The van der Waals surface area contributed by atoms with Gasteiger partial charge in [-0.3, -0.25) is 43.5 Å². The molecule has 2 aliphatic heterocycles. The second-order valence-electron chi connectivity index (χ2n) is 16.8. The summed E-state index contributed by atoms with van der Waals surface area (Å²) in [7, 11) is 0. The van der Waals surface area contributed by atoms with Crippen LogP contribution in [-0.4, -0.2) is 143 Å². The summed E-state index contributed by atoms with van der Waals surface area (Å²) >= 11 is 0. The van der Waals surface area contributed by atoms with Crippen molar-refractivity contribution in [3.63, 3.8) is 0 Å². The summed E-state index contributed by atoms with van der Waals surface area (Å²) in [5.74, 6) is -6.41. The maximum absolute atomic E-state index is 14.3. The van der Waals surface area contributed by atoms with Crippen LogP contribution in [0.15, 0.2) is 40.3 Å². The van der Waals surface area contributed by atoms with Crippen LogP contribution in [0, 0.1) is 5.92 Å². The summed E-state index contributed by atoms with van der Waals surface area (Å²) in [5, 5.41) is 20.5.